The first-order valence-electron chi connectivity index (χ1n) is 9.72. The molecular weight excluding hydrogens is 380 g/mol. The van der Waals surface area contributed by atoms with Crippen LogP contribution in [0.3, 0.4) is 0 Å². The Morgan fingerprint density at radius 3 is 2.54 bits per heavy atom. The maximum atomic E-state index is 12.5. The van der Waals surface area contributed by atoms with Crippen LogP contribution in [0.1, 0.15) is 55.0 Å². The molecule has 0 spiro atoms. The van der Waals surface area contributed by atoms with Gasteiger partial charge in [-0.1, -0.05) is 35.0 Å². The summed E-state index contributed by atoms with van der Waals surface area (Å²) in [4.78, 5) is 21.5. The first kappa shape index (κ1) is 19.4. The van der Waals surface area contributed by atoms with E-state index in [0.717, 1.165) is 50.4 Å². The number of carbonyl (C=O) groups is 1. The molecule has 2 fully saturated rings. The monoisotopic (exact) mass is 404 g/mol. The minimum Gasteiger partial charge on any atom is -0.468 e. The summed E-state index contributed by atoms with van der Waals surface area (Å²) in [7, 11) is 1.41. The molecule has 1 aliphatic carbocycles. The molecule has 1 aromatic heterocycles. The quantitative estimate of drug-likeness (QED) is 0.684. The number of halogens is 1. The van der Waals surface area contributed by atoms with Gasteiger partial charge in [-0.15, -0.1) is 0 Å². The fourth-order valence-electron chi connectivity index (χ4n) is 3.74. The van der Waals surface area contributed by atoms with Gasteiger partial charge in [-0.25, -0.2) is 4.79 Å². The number of nitrogens with zero attached hydrogens (tertiary/aromatic N) is 4. The van der Waals surface area contributed by atoms with Gasteiger partial charge in [-0.3, -0.25) is 9.80 Å². The van der Waals surface area contributed by atoms with Gasteiger partial charge in [0.15, 0.2) is 5.82 Å². The van der Waals surface area contributed by atoms with Crippen LogP contribution in [0.5, 0.6) is 0 Å². The molecule has 2 aromatic rings. The van der Waals surface area contributed by atoms with E-state index >= 15 is 0 Å². The second kappa shape index (κ2) is 8.19. The number of benzene rings is 1. The summed E-state index contributed by atoms with van der Waals surface area (Å²) in [5.41, 5.74) is 0.781. The lowest BCUT2D eigenvalue weighted by Gasteiger charge is -2.39. The van der Waals surface area contributed by atoms with Crippen LogP contribution in [0.15, 0.2) is 28.8 Å². The molecule has 0 bridgehead atoms. The summed E-state index contributed by atoms with van der Waals surface area (Å²) >= 11 is 6.36. The number of ether oxygens (including phenoxy) is 1. The molecule has 1 saturated carbocycles. The van der Waals surface area contributed by atoms with Crippen molar-refractivity contribution in [3.63, 3.8) is 0 Å². The molecule has 28 heavy (non-hydrogen) atoms. The van der Waals surface area contributed by atoms with Gasteiger partial charge in [0.2, 0.25) is 5.89 Å². The van der Waals surface area contributed by atoms with E-state index in [4.69, 9.17) is 20.9 Å². The van der Waals surface area contributed by atoms with Gasteiger partial charge in [-0.05, 0) is 31.4 Å². The molecule has 1 aromatic carbocycles. The second-order valence-electron chi connectivity index (χ2n) is 7.46. The average Bonchev–Trinajstić information content (AvgIpc) is 3.46. The Morgan fingerprint density at radius 2 is 1.89 bits per heavy atom. The molecule has 2 atom stereocenters. The van der Waals surface area contributed by atoms with E-state index in [1.54, 1.807) is 6.07 Å². The van der Waals surface area contributed by atoms with Crippen LogP contribution in [0.2, 0.25) is 5.02 Å². The van der Waals surface area contributed by atoms with E-state index in [-0.39, 0.29) is 12.0 Å². The number of hydrogen-bond donors (Lipinski definition) is 0. The zero-order valence-electron chi connectivity index (χ0n) is 16.2. The molecule has 4 rings (SSSR count). The maximum Gasteiger partial charge on any atom is 0.327 e. The molecule has 8 heteroatoms. The van der Waals surface area contributed by atoms with Crippen molar-refractivity contribution >= 4 is 17.6 Å². The molecule has 1 aliphatic heterocycles. The lowest BCUT2D eigenvalue weighted by Crippen LogP contribution is -2.50. The largest absolute Gasteiger partial charge is 0.468 e. The molecule has 0 unspecified atom stereocenters. The predicted molar refractivity (Wildman–Crippen MR) is 104 cm³/mol. The Bertz CT molecular complexity index is 830. The molecule has 0 radical (unpaired) electrons. The standard InChI is InChI=1S/C20H25ClN4O3/c1-13(19-22-18(23-28-19)14-7-8-14)24-9-11-25(12-10-24)17(20(26)27-2)15-5-3-4-6-16(15)21/h3-6,13-14,17H,7-12H2,1-2H3/t13-,17+/m1/s1. The van der Waals surface area contributed by atoms with Gasteiger partial charge in [0.25, 0.3) is 0 Å². The highest BCUT2D eigenvalue weighted by molar-refractivity contribution is 6.31. The Hall–Kier alpha value is -1.96. The number of esters is 1. The summed E-state index contributed by atoms with van der Waals surface area (Å²) in [6, 6.07) is 7.00. The third-order valence-electron chi connectivity index (χ3n) is 5.64. The van der Waals surface area contributed by atoms with Crippen LogP contribution < -0.4 is 0 Å². The molecule has 1 saturated heterocycles. The minimum atomic E-state index is -0.499. The number of piperazine rings is 1. The van der Waals surface area contributed by atoms with E-state index in [0.29, 0.717) is 16.8 Å². The van der Waals surface area contributed by atoms with Crippen LogP contribution in [0.4, 0.5) is 0 Å². The van der Waals surface area contributed by atoms with Gasteiger partial charge >= 0.3 is 5.97 Å². The van der Waals surface area contributed by atoms with Crippen molar-refractivity contribution in [1.82, 2.24) is 19.9 Å². The van der Waals surface area contributed by atoms with Crippen molar-refractivity contribution in [2.24, 2.45) is 0 Å². The van der Waals surface area contributed by atoms with Gasteiger partial charge in [0, 0.05) is 37.1 Å². The van der Waals surface area contributed by atoms with E-state index in [2.05, 4.69) is 26.9 Å². The first-order valence-corrected chi connectivity index (χ1v) is 10.1. The molecule has 2 aliphatic rings. The highest BCUT2D eigenvalue weighted by Gasteiger charge is 2.35. The van der Waals surface area contributed by atoms with E-state index in [1.165, 1.54) is 7.11 Å². The number of methoxy groups -OCH3 is 1. The molecule has 0 amide bonds. The Morgan fingerprint density at radius 1 is 1.21 bits per heavy atom. The third-order valence-corrected chi connectivity index (χ3v) is 5.99. The van der Waals surface area contributed by atoms with Gasteiger partial charge in [-0.2, -0.15) is 4.98 Å². The number of aromatic nitrogens is 2. The molecule has 2 heterocycles. The molecule has 7 nitrogen and oxygen atoms in total. The first-order chi connectivity index (χ1) is 13.6. The topological polar surface area (TPSA) is 71.7 Å². The fraction of sp³-hybridized carbons (Fsp3) is 0.550. The van der Waals surface area contributed by atoms with E-state index < -0.39 is 6.04 Å². The lowest BCUT2D eigenvalue weighted by molar-refractivity contribution is -0.148. The zero-order chi connectivity index (χ0) is 19.7. The summed E-state index contributed by atoms with van der Waals surface area (Å²) in [6.07, 6.45) is 2.31. The summed E-state index contributed by atoms with van der Waals surface area (Å²) in [5.74, 6) is 1.70. The van der Waals surface area contributed by atoms with Crippen LogP contribution in [-0.4, -0.2) is 59.2 Å². The van der Waals surface area contributed by atoms with Crippen LogP contribution in [0, 0.1) is 0 Å². The SMILES string of the molecule is COC(=O)[C@H](c1ccccc1Cl)N1CCN([C@H](C)c2nc(C3CC3)no2)CC1. The van der Waals surface area contributed by atoms with Crippen molar-refractivity contribution in [3.8, 4) is 0 Å². The minimum absolute atomic E-state index is 0.0547. The van der Waals surface area contributed by atoms with Crippen molar-refractivity contribution in [1.29, 1.82) is 0 Å². The zero-order valence-corrected chi connectivity index (χ0v) is 16.9. The van der Waals surface area contributed by atoms with Crippen molar-refractivity contribution in [2.75, 3.05) is 33.3 Å². The summed E-state index contributed by atoms with van der Waals surface area (Å²) < 4.78 is 10.6. The fourth-order valence-corrected chi connectivity index (χ4v) is 3.98. The second-order valence-corrected chi connectivity index (χ2v) is 7.87. The smallest absolute Gasteiger partial charge is 0.327 e. The van der Waals surface area contributed by atoms with E-state index in [9.17, 15) is 4.79 Å². The molecular formula is C20H25ClN4O3. The predicted octanol–water partition coefficient (Wildman–Crippen LogP) is 3.19. The third kappa shape index (κ3) is 3.92. The Labute approximate surface area is 169 Å². The highest BCUT2D eigenvalue weighted by atomic mass is 35.5. The molecule has 0 N–H and O–H groups in total. The van der Waals surface area contributed by atoms with Crippen LogP contribution in [-0.2, 0) is 9.53 Å². The van der Waals surface area contributed by atoms with Crippen molar-refractivity contribution in [3.05, 3.63) is 46.6 Å². The number of hydrogen-bond acceptors (Lipinski definition) is 7. The lowest BCUT2D eigenvalue weighted by atomic mass is 10.0. The van der Waals surface area contributed by atoms with Gasteiger partial charge in [0.05, 0.1) is 13.2 Å². The van der Waals surface area contributed by atoms with Gasteiger partial charge in [0.1, 0.15) is 6.04 Å². The Balaban J connectivity index is 1.43. The highest BCUT2D eigenvalue weighted by Crippen LogP contribution is 2.39. The van der Waals surface area contributed by atoms with Crippen LogP contribution >= 0.6 is 11.6 Å². The number of carbonyl (C=O) groups excluding carboxylic acids is 1. The summed E-state index contributed by atoms with van der Waals surface area (Å²) in [6.45, 7) is 5.12. The summed E-state index contributed by atoms with van der Waals surface area (Å²) in [5, 5.41) is 4.70. The Kier molecular flexibility index (Phi) is 5.66. The average molecular weight is 405 g/mol. The number of rotatable bonds is 6. The molecule has 150 valence electrons. The van der Waals surface area contributed by atoms with Crippen molar-refractivity contribution < 1.29 is 14.1 Å². The van der Waals surface area contributed by atoms with Gasteiger partial charge < -0.3 is 9.26 Å². The maximum absolute atomic E-state index is 12.5. The van der Waals surface area contributed by atoms with Crippen LogP contribution in [0.25, 0.3) is 0 Å². The van der Waals surface area contributed by atoms with Crippen molar-refractivity contribution in [2.45, 2.75) is 37.8 Å². The normalized spacial score (nSPS) is 20.7. The van der Waals surface area contributed by atoms with E-state index in [1.807, 2.05) is 18.2 Å².